The predicted molar refractivity (Wildman–Crippen MR) is 71.3 cm³/mol. The van der Waals surface area contributed by atoms with Crippen LogP contribution in [-0.2, 0) is 6.18 Å². The molecule has 118 valence electrons. The Balaban J connectivity index is 1.76. The summed E-state index contributed by atoms with van der Waals surface area (Å²) in [6.45, 7) is 0.686. The van der Waals surface area contributed by atoms with Gasteiger partial charge in [0.15, 0.2) is 0 Å². The molecule has 0 saturated carbocycles. The summed E-state index contributed by atoms with van der Waals surface area (Å²) in [5.41, 5.74) is -0.503. The summed E-state index contributed by atoms with van der Waals surface area (Å²) in [5.74, 6) is 0.629. The summed E-state index contributed by atoms with van der Waals surface area (Å²) in [4.78, 5) is 14.6. The molecule has 3 rings (SSSR count). The topological polar surface area (TPSA) is 70.9 Å². The maximum atomic E-state index is 12.5. The van der Waals surface area contributed by atoms with Crippen molar-refractivity contribution in [3.8, 4) is 0 Å². The highest BCUT2D eigenvalue weighted by molar-refractivity contribution is 5.21. The SMILES string of the molecule is O=c1cc([C@H]2CCN[C@@H](c3ccc(C(F)(F)F)nc3)C2)o[nH]1. The number of aromatic nitrogens is 2. The van der Waals surface area contributed by atoms with Crippen LogP contribution in [0.4, 0.5) is 13.2 Å². The van der Waals surface area contributed by atoms with Gasteiger partial charge in [-0.25, -0.2) is 0 Å². The van der Waals surface area contributed by atoms with E-state index in [2.05, 4.69) is 15.5 Å². The van der Waals surface area contributed by atoms with Crippen molar-refractivity contribution in [1.82, 2.24) is 15.5 Å². The lowest BCUT2D eigenvalue weighted by atomic mass is 9.87. The van der Waals surface area contributed by atoms with E-state index in [1.807, 2.05) is 0 Å². The van der Waals surface area contributed by atoms with E-state index in [9.17, 15) is 18.0 Å². The molecule has 1 saturated heterocycles. The number of nitrogens with one attached hydrogen (secondary N) is 2. The fourth-order valence-corrected chi connectivity index (χ4v) is 2.71. The van der Waals surface area contributed by atoms with Crippen LogP contribution in [0.25, 0.3) is 0 Å². The predicted octanol–water partition coefficient (Wildman–Crippen LogP) is 2.59. The summed E-state index contributed by atoms with van der Waals surface area (Å²) in [6, 6.07) is 3.71. The molecule has 22 heavy (non-hydrogen) atoms. The van der Waals surface area contributed by atoms with Crippen LogP contribution in [0.15, 0.2) is 33.7 Å². The Bertz CT molecular complexity index is 690. The van der Waals surface area contributed by atoms with E-state index in [4.69, 9.17) is 4.52 Å². The highest BCUT2D eigenvalue weighted by atomic mass is 19.4. The second kappa shape index (κ2) is 5.60. The number of nitrogens with zero attached hydrogens (tertiary/aromatic N) is 1. The van der Waals surface area contributed by atoms with Crippen LogP contribution in [0.2, 0.25) is 0 Å². The number of hydrogen-bond acceptors (Lipinski definition) is 4. The molecule has 0 aliphatic carbocycles. The standard InChI is InChI=1S/C14H14F3N3O2/c15-14(16,17)12-2-1-9(7-19-12)10-5-8(3-4-18-10)11-6-13(21)20-22-11/h1-2,6-8,10,18H,3-5H2,(H,20,21)/t8-,10+/m0/s1. The summed E-state index contributed by atoms with van der Waals surface area (Å²) in [7, 11) is 0. The first-order valence-electron chi connectivity index (χ1n) is 6.88. The lowest BCUT2D eigenvalue weighted by molar-refractivity contribution is -0.141. The van der Waals surface area contributed by atoms with Crippen LogP contribution in [0.5, 0.6) is 0 Å². The van der Waals surface area contributed by atoms with Gasteiger partial charge in [-0.15, -0.1) is 0 Å². The number of aromatic amines is 1. The van der Waals surface area contributed by atoms with E-state index in [1.165, 1.54) is 18.3 Å². The fourth-order valence-electron chi connectivity index (χ4n) is 2.71. The number of rotatable bonds is 2. The van der Waals surface area contributed by atoms with Gasteiger partial charge in [0.1, 0.15) is 11.5 Å². The molecule has 0 radical (unpaired) electrons. The van der Waals surface area contributed by atoms with Gasteiger partial charge in [0.2, 0.25) is 0 Å². The van der Waals surface area contributed by atoms with Crippen molar-refractivity contribution < 1.29 is 17.7 Å². The molecule has 1 aliphatic heterocycles. The molecule has 1 fully saturated rings. The molecule has 8 heteroatoms. The molecular weight excluding hydrogens is 299 g/mol. The highest BCUT2D eigenvalue weighted by Gasteiger charge is 2.33. The quantitative estimate of drug-likeness (QED) is 0.894. The smallest absolute Gasteiger partial charge is 0.383 e. The Morgan fingerprint density at radius 2 is 2.14 bits per heavy atom. The molecule has 0 unspecified atom stereocenters. The third-order valence-corrected chi connectivity index (χ3v) is 3.83. The van der Waals surface area contributed by atoms with Gasteiger partial charge in [0, 0.05) is 24.2 Å². The van der Waals surface area contributed by atoms with Crippen molar-refractivity contribution in [2.75, 3.05) is 6.54 Å². The lowest BCUT2D eigenvalue weighted by Crippen LogP contribution is -2.31. The molecule has 0 aromatic carbocycles. The van der Waals surface area contributed by atoms with Crippen LogP contribution >= 0.6 is 0 Å². The monoisotopic (exact) mass is 313 g/mol. The zero-order valence-corrected chi connectivity index (χ0v) is 11.5. The zero-order valence-electron chi connectivity index (χ0n) is 11.5. The number of alkyl halides is 3. The average Bonchev–Trinajstić information content (AvgIpc) is 2.93. The molecule has 0 spiro atoms. The van der Waals surface area contributed by atoms with Crippen LogP contribution in [0.3, 0.4) is 0 Å². The van der Waals surface area contributed by atoms with Gasteiger partial charge in [0.25, 0.3) is 5.56 Å². The molecule has 0 amide bonds. The molecule has 2 aromatic rings. The second-order valence-corrected chi connectivity index (χ2v) is 5.32. The number of pyridine rings is 1. The summed E-state index contributed by atoms with van der Waals surface area (Å²) in [5, 5.41) is 5.51. The van der Waals surface area contributed by atoms with Crippen molar-refractivity contribution in [3.05, 3.63) is 51.8 Å². The van der Waals surface area contributed by atoms with E-state index in [0.29, 0.717) is 24.3 Å². The molecule has 1 aliphatic rings. The zero-order chi connectivity index (χ0) is 15.7. The van der Waals surface area contributed by atoms with Crippen molar-refractivity contribution in [2.24, 2.45) is 0 Å². The minimum Gasteiger partial charge on any atom is -0.383 e. The largest absolute Gasteiger partial charge is 0.433 e. The van der Waals surface area contributed by atoms with Crippen LogP contribution in [0.1, 0.15) is 41.8 Å². The first-order valence-corrected chi connectivity index (χ1v) is 6.88. The Labute approximate surface area is 123 Å². The summed E-state index contributed by atoms with van der Waals surface area (Å²) < 4.78 is 42.7. The second-order valence-electron chi connectivity index (χ2n) is 5.32. The van der Waals surface area contributed by atoms with E-state index in [1.54, 1.807) is 0 Å². The summed E-state index contributed by atoms with van der Waals surface area (Å²) in [6.07, 6.45) is -1.76. The normalized spacial score (nSPS) is 22.7. The molecule has 0 bridgehead atoms. The van der Waals surface area contributed by atoms with Crippen molar-refractivity contribution in [2.45, 2.75) is 31.0 Å². The van der Waals surface area contributed by atoms with Gasteiger partial charge < -0.3 is 9.84 Å². The molecule has 2 N–H and O–H groups in total. The van der Waals surface area contributed by atoms with Crippen LogP contribution < -0.4 is 10.9 Å². The first-order chi connectivity index (χ1) is 10.4. The van der Waals surface area contributed by atoms with Crippen molar-refractivity contribution in [3.63, 3.8) is 0 Å². The minimum absolute atomic E-state index is 0.0486. The minimum atomic E-state index is -4.43. The third kappa shape index (κ3) is 3.06. The van der Waals surface area contributed by atoms with Crippen molar-refractivity contribution in [1.29, 1.82) is 0 Å². The maximum Gasteiger partial charge on any atom is 0.433 e. The van der Waals surface area contributed by atoms with E-state index >= 15 is 0 Å². The van der Waals surface area contributed by atoms with Gasteiger partial charge in [-0.1, -0.05) is 6.07 Å². The van der Waals surface area contributed by atoms with Gasteiger partial charge in [-0.3, -0.25) is 9.78 Å². The van der Waals surface area contributed by atoms with Gasteiger partial charge in [0.05, 0.1) is 0 Å². The molecule has 3 heterocycles. The van der Waals surface area contributed by atoms with Gasteiger partial charge in [-0.2, -0.15) is 18.3 Å². The number of hydrogen-bond donors (Lipinski definition) is 2. The molecule has 2 atom stereocenters. The number of piperidine rings is 1. The van der Waals surface area contributed by atoms with E-state index in [-0.39, 0.29) is 17.5 Å². The van der Waals surface area contributed by atoms with Gasteiger partial charge >= 0.3 is 6.18 Å². The average molecular weight is 313 g/mol. The Hall–Kier alpha value is -2.09. The number of H-pyrrole nitrogens is 1. The highest BCUT2D eigenvalue weighted by Crippen LogP contribution is 2.34. The molecule has 5 nitrogen and oxygen atoms in total. The van der Waals surface area contributed by atoms with Crippen LogP contribution in [0, 0.1) is 0 Å². The van der Waals surface area contributed by atoms with E-state index < -0.39 is 11.9 Å². The molecule has 2 aromatic heterocycles. The van der Waals surface area contributed by atoms with E-state index in [0.717, 1.165) is 12.5 Å². The third-order valence-electron chi connectivity index (χ3n) is 3.83. The summed E-state index contributed by atoms with van der Waals surface area (Å²) >= 11 is 0. The Kier molecular flexibility index (Phi) is 3.78. The van der Waals surface area contributed by atoms with Gasteiger partial charge in [-0.05, 0) is 31.0 Å². The first kappa shape index (κ1) is 14.8. The van der Waals surface area contributed by atoms with Crippen molar-refractivity contribution >= 4 is 0 Å². The number of halogens is 3. The Morgan fingerprint density at radius 3 is 2.73 bits per heavy atom. The lowest BCUT2D eigenvalue weighted by Gasteiger charge is -2.29. The Morgan fingerprint density at radius 1 is 1.32 bits per heavy atom. The van der Waals surface area contributed by atoms with Crippen LogP contribution in [-0.4, -0.2) is 16.7 Å². The fraction of sp³-hybridized carbons (Fsp3) is 0.429. The molecular formula is C14H14F3N3O2. The maximum absolute atomic E-state index is 12.5.